The first-order valence-electron chi connectivity index (χ1n) is 6.52. The Bertz CT molecular complexity index is 610. The van der Waals surface area contributed by atoms with Crippen LogP contribution in [0.15, 0.2) is 42.7 Å². The lowest BCUT2D eigenvalue weighted by Gasteiger charge is -2.17. The summed E-state index contributed by atoms with van der Waals surface area (Å²) in [5, 5.41) is 0. The van der Waals surface area contributed by atoms with Crippen LogP contribution in [-0.4, -0.2) is 21.9 Å². The summed E-state index contributed by atoms with van der Waals surface area (Å²) in [5.41, 5.74) is 10.2. The zero-order chi connectivity index (χ0) is 14.5. The first-order chi connectivity index (χ1) is 9.54. The predicted molar refractivity (Wildman–Crippen MR) is 86.5 cm³/mol. The molecule has 0 saturated carbocycles. The van der Waals surface area contributed by atoms with Crippen molar-refractivity contribution < 1.29 is 0 Å². The highest BCUT2D eigenvalue weighted by Crippen LogP contribution is 2.10. The SMILES string of the molecule is Cc1cncc(CN(C)Cc2cccc(C(N)=S)c2)c1. The van der Waals surface area contributed by atoms with Crippen LogP contribution >= 0.6 is 12.2 Å². The molecule has 2 aromatic rings. The Morgan fingerprint density at radius 3 is 2.65 bits per heavy atom. The maximum Gasteiger partial charge on any atom is 0.103 e. The number of aromatic nitrogens is 1. The first kappa shape index (κ1) is 14.6. The second-order valence-electron chi connectivity index (χ2n) is 5.11. The average molecular weight is 285 g/mol. The molecule has 1 aromatic heterocycles. The van der Waals surface area contributed by atoms with Crippen molar-refractivity contribution in [2.75, 3.05) is 7.05 Å². The van der Waals surface area contributed by atoms with Gasteiger partial charge in [0.15, 0.2) is 0 Å². The van der Waals surface area contributed by atoms with Crippen molar-refractivity contribution in [1.29, 1.82) is 0 Å². The number of benzene rings is 1. The van der Waals surface area contributed by atoms with Crippen molar-refractivity contribution >= 4 is 17.2 Å². The highest BCUT2D eigenvalue weighted by Gasteiger charge is 2.04. The molecule has 4 heteroatoms. The van der Waals surface area contributed by atoms with E-state index in [0.717, 1.165) is 18.7 Å². The molecule has 0 saturated heterocycles. The molecule has 0 aliphatic rings. The molecule has 0 radical (unpaired) electrons. The summed E-state index contributed by atoms with van der Waals surface area (Å²) >= 11 is 5.01. The van der Waals surface area contributed by atoms with Crippen molar-refractivity contribution in [3.63, 3.8) is 0 Å². The summed E-state index contributed by atoms with van der Waals surface area (Å²) in [6, 6.07) is 10.2. The number of nitrogens with zero attached hydrogens (tertiary/aromatic N) is 2. The van der Waals surface area contributed by atoms with Gasteiger partial charge in [-0.2, -0.15) is 0 Å². The van der Waals surface area contributed by atoms with Crippen molar-refractivity contribution in [1.82, 2.24) is 9.88 Å². The normalized spacial score (nSPS) is 10.8. The van der Waals surface area contributed by atoms with Crippen molar-refractivity contribution in [2.45, 2.75) is 20.0 Å². The van der Waals surface area contributed by atoms with Gasteiger partial charge in [0.25, 0.3) is 0 Å². The van der Waals surface area contributed by atoms with Crippen LogP contribution in [0.1, 0.15) is 22.3 Å². The Hall–Kier alpha value is -1.78. The van der Waals surface area contributed by atoms with Crippen LogP contribution in [-0.2, 0) is 13.1 Å². The largest absolute Gasteiger partial charge is 0.389 e. The van der Waals surface area contributed by atoms with Crippen molar-refractivity contribution in [2.24, 2.45) is 5.73 Å². The topological polar surface area (TPSA) is 42.2 Å². The molecule has 0 atom stereocenters. The van der Waals surface area contributed by atoms with Gasteiger partial charge in [-0.25, -0.2) is 0 Å². The summed E-state index contributed by atoms with van der Waals surface area (Å²) in [5.74, 6) is 0. The summed E-state index contributed by atoms with van der Waals surface area (Å²) in [4.78, 5) is 6.91. The lowest BCUT2D eigenvalue weighted by molar-refractivity contribution is 0.318. The Balaban J connectivity index is 2.02. The van der Waals surface area contributed by atoms with E-state index in [2.05, 4.69) is 36.0 Å². The summed E-state index contributed by atoms with van der Waals surface area (Å²) in [6.45, 7) is 3.78. The number of hydrogen-bond acceptors (Lipinski definition) is 3. The van der Waals surface area contributed by atoms with Crippen LogP contribution in [0.3, 0.4) is 0 Å². The van der Waals surface area contributed by atoms with Crippen molar-refractivity contribution in [3.05, 3.63) is 65.0 Å². The van der Waals surface area contributed by atoms with Crippen LogP contribution in [0.25, 0.3) is 0 Å². The van der Waals surface area contributed by atoms with Crippen LogP contribution in [0.5, 0.6) is 0 Å². The van der Waals surface area contributed by atoms with Gasteiger partial charge >= 0.3 is 0 Å². The van der Waals surface area contributed by atoms with Gasteiger partial charge < -0.3 is 5.73 Å². The number of nitrogens with two attached hydrogens (primary N) is 1. The highest BCUT2D eigenvalue weighted by atomic mass is 32.1. The zero-order valence-corrected chi connectivity index (χ0v) is 12.7. The quantitative estimate of drug-likeness (QED) is 0.858. The highest BCUT2D eigenvalue weighted by molar-refractivity contribution is 7.80. The third-order valence-corrected chi connectivity index (χ3v) is 3.28. The Labute approximate surface area is 125 Å². The Morgan fingerprint density at radius 2 is 1.95 bits per heavy atom. The van der Waals surface area contributed by atoms with Crippen LogP contribution in [0, 0.1) is 6.92 Å². The maximum absolute atomic E-state index is 5.66. The molecule has 0 bridgehead atoms. The number of thiocarbonyl (C=S) groups is 1. The Kier molecular flexibility index (Phi) is 4.82. The van der Waals surface area contributed by atoms with Gasteiger partial charge in [0.1, 0.15) is 4.99 Å². The van der Waals surface area contributed by atoms with E-state index in [1.54, 1.807) is 0 Å². The van der Waals surface area contributed by atoms with E-state index in [1.807, 2.05) is 30.6 Å². The van der Waals surface area contributed by atoms with E-state index < -0.39 is 0 Å². The van der Waals surface area contributed by atoms with Gasteiger partial charge in [0, 0.05) is 31.0 Å². The fraction of sp³-hybridized carbons (Fsp3) is 0.250. The van der Waals surface area contributed by atoms with E-state index >= 15 is 0 Å². The maximum atomic E-state index is 5.66. The lowest BCUT2D eigenvalue weighted by atomic mass is 10.1. The van der Waals surface area contributed by atoms with Gasteiger partial charge in [-0.15, -0.1) is 0 Å². The number of rotatable bonds is 5. The minimum absolute atomic E-state index is 0.442. The van der Waals surface area contributed by atoms with Gasteiger partial charge in [-0.05, 0) is 36.7 Å². The number of pyridine rings is 1. The molecule has 2 rings (SSSR count). The van der Waals surface area contributed by atoms with Crippen LogP contribution < -0.4 is 5.73 Å². The molecule has 0 unspecified atom stereocenters. The predicted octanol–water partition coefficient (Wildman–Crippen LogP) is 2.66. The number of hydrogen-bond donors (Lipinski definition) is 1. The molecule has 0 amide bonds. The fourth-order valence-electron chi connectivity index (χ4n) is 2.21. The van der Waals surface area contributed by atoms with Gasteiger partial charge in [-0.1, -0.05) is 36.5 Å². The van der Waals surface area contributed by atoms with Gasteiger partial charge in [0.05, 0.1) is 0 Å². The minimum atomic E-state index is 0.442. The minimum Gasteiger partial charge on any atom is -0.389 e. The Morgan fingerprint density at radius 1 is 1.20 bits per heavy atom. The summed E-state index contributed by atoms with van der Waals surface area (Å²) in [6.07, 6.45) is 3.78. The molecular formula is C16H19N3S. The molecule has 1 aromatic carbocycles. The second-order valence-corrected chi connectivity index (χ2v) is 5.55. The molecule has 1 heterocycles. The molecule has 3 nitrogen and oxygen atoms in total. The molecule has 0 aliphatic heterocycles. The molecule has 0 fully saturated rings. The molecule has 0 aliphatic carbocycles. The second kappa shape index (κ2) is 6.59. The van der Waals surface area contributed by atoms with E-state index in [-0.39, 0.29) is 0 Å². The molecule has 2 N–H and O–H groups in total. The zero-order valence-electron chi connectivity index (χ0n) is 11.8. The summed E-state index contributed by atoms with van der Waals surface area (Å²) in [7, 11) is 2.09. The molecule has 0 spiro atoms. The van der Waals surface area contributed by atoms with Crippen molar-refractivity contribution in [3.8, 4) is 0 Å². The first-order valence-corrected chi connectivity index (χ1v) is 6.93. The fourth-order valence-corrected chi connectivity index (χ4v) is 2.33. The third-order valence-electron chi connectivity index (χ3n) is 3.05. The smallest absolute Gasteiger partial charge is 0.103 e. The summed E-state index contributed by atoms with van der Waals surface area (Å²) < 4.78 is 0. The molecule has 20 heavy (non-hydrogen) atoms. The van der Waals surface area contributed by atoms with Gasteiger partial charge in [0.2, 0.25) is 0 Å². The number of aryl methyl sites for hydroxylation is 1. The lowest BCUT2D eigenvalue weighted by Crippen LogP contribution is -2.18. The van der Waals surface area contributed by atoms with Gasteiger partial charge in [-0.3, -0.25) is 9.88 Å². The standard InChI is InChI=1S/C16H19N3S/c1-12-6-14(9-18-8-12)11-19(2)10-13-4-3-5-15(7-13)16(17)20/h3-9H,10-11H2,1-2H3,(H2,17,20). The monoisotopic (exact) mass is 285 g/mol. The van der Waals surface area contributed by atoms with E-state index in [4.69, 9.17) is 18.0 Å². The molecule has 104 valence electrons. The molecular weight excluding hydrogens is 266 g/mol. The van der Waals surface area contributed by atoms with E-state index in [9.17, 15) is 0 Å². The van der Waals surface area contributed by atoms with E-state index in [0.29, 0.717) is 4.99 Å². The average Bonchev–Trinajstić information content (AvgIpc) is 2.38. The van der Waals surface area contributed by atoms with Crippen LogP contribution in [0.4, 0.5) is 0 Å². The third kappa shape index (κ3) is 4.11. The van der Waals surface area contributed by atoms with Crippen LogP contribution in [0.2, 0.25) is 0 Å². The van der Waals surface area contributed by atoms with E-state index in [1.165, 1.54) is 16.7 Å².